The lowest BCUT2D eigenvalue weighted by molar-refractivity contribution is 0.0552. The summed E-state index contributed by atoms with van der Waals surface area (Å²) in [6.07, 6.45) is 16.6. The minimum absolute atomic E-state index is 0.284. The van der Waals surface area contributed by atoms with E-state index in [-0.39, 0.29) is 5.66 Å². The van der Waals surface area contributed by atoms with Crippen LogP contribution >= 0.6 is 0 Å². The maximum Gasteiger partial charge on any atom is 0.291 e. The quantitative estimate of drug-likeness (QED) is 0.642. The van der Waals surface area contributed by atoms with Crippen molar-refractivity contribution < 1.29 is 0 Å². The third kappa shape index (κ3) is 3.69. The Balaban J connectivity index is 1.79. The molecule has 3 heteroatoms. The van der Waals surface area contributed by atoms with Gasteiger partial charge in [-0.25, -0.2) is 11.5 Å². The molecule has 0 heterocycles. The van der Waals surface area contributed by atoms with Crippen LogP contribution in [0.5, 0.6) is 0 Å². The summed E-state index contributed by atoms with van der Waals surface area (Å²) in [5, 5.41) is 0. The molecule has 0 saturated heterocycles. The van der Waals surface area contributed by atoms with Gasteiger partial charge in [0.2, 0.25) is 0 Å². The van der Waals surface area contributed by atoms with E-state index in [1.54, 1.807) is 0 Å². The Labute approximate surface area is 148 Å². The van der Waals surface area contributed by atoms with Crippen LogP contribution in [-0.2, 0) is 0 Å². The first-order valence-electron chi connectivity index (χ1n) is 10.3. The maximum absolute atomic E-state index is 7.99. The van der Waals surface area contributed by atoms with Crippen LogP contribution in [0.15, 0.2) is 4.99 Å². The van der Waals surface area contributed by atoms with Crippen LogP contribution in [0.25, 0.3) is 4.85 Å². The van der Waals surface area contributed by atoms with Crippen LogP contribution in [0.4, 0.5) is 0 Å². The van der Waals surface area contributed by atoms with Gasteiger partial charge in [-0.1, -0.05) is 38.5 Å². The normalized spacial score (nSPS) is 35.2. The van der Waals surface area contributed by atoms with Gasteiger partial charge in [0.25, 0.3) is 5.66 Å². The summed E-state index contributed by atoms with van der Waals surface area (Å²) in [4.78, 5) is 11.7. The first-order valence-corrected chi connectivity index (χ1v) is 10.3. The van der Waals surface area contributed by atoms with E-state index in [2.05, 4.69) is 23.8 Å². The molecule has 3 saturated carbocycles. The molecule has 0 aromatic carbocycles. The number of rotatable bonds is 3. The highest BCUT2D eigenvalue weighted by Gasteiger charge is 2.53. The lowest BCUT2D eigenvalue weighted by Crippen LogP contribution is -2.54. The summed E-state index contributed by atoms with van der Waals surface area (Å²) in [6.45, 7) is 7.99. The van der Waals surface area contributed by atoms with Gasteiger partial charge in [0, 0.05) is 18.2 Å². The zero-order valence-electron chi connectivity index (χ0n) is 15.8. The molecule has 3 aliphatic rings. The van der Waals surface area contributed by atoms with E-state index in [0.29, 0.717) is 12.0 Å². The summed E-state index contributed by atoms with van der Waals surface area (Å²) in [5.74, 6) is 1.22. The van der Waals surface area contributed by atoms with E-state index in [1.165, 1.54) is 69.9 Å². The van der Waals surface area contributed by atoms with Crippen molar-refractivity contribution >= 4 is 5.71 Å². The Hall–Kier alpha value is -0.880. The Morgan fingerprint density at radius 3 is 2.21 bits per heavy atom. The van der Waals surface area contributed by atoms with Crippen molar-refractivity contribution in [1.82, 2.24) is 4.90 Å². The van der Waals surface area contributed by atoms with Gasteiger partial charge in [-0.2, -0.15) is 0 Å². The summed E-state index contributed by atoms with van der Waals surface area (Å²) < 4.78 is 0. The van der Waals surface area contributed by atoms with Crippen molar-refractivity contribution in [2.45, 2.75) is 95.2 Å². The maximum atomic E-state index is 7.99. The van der Waals surface area contributed by atoms with Crippen molar-refractivity contribution in [3.63, 3.8) is 0 Å². The Morgan fingerprint density at radius 2 is 1.62 bits per heavy atom. The Morgan fingerprint density at radius 1 is 1.00 bits per heavy atom. The minimum atomic E-state index is -0.284. The van der Waals surface area contributed by atoms with Gasteiger partial charge in [0.15, 0.2) is 0 Å². The molecular formula is C21H35N3. The van der Waals surface area contributed by atoms with E-state index >= 15 is 0 Å². The average molecular weight is 330 g/mol. The standard InChI is InChI=1S/C21H35N3/c1-22-21(24(2)3)15-14-19(23-18-12-8-5-9-13-18)16-20(21)17-10-6-4-7-11-17/h17-18,20H,4-16H2,2-3H3. The van der Waals surface area contributed by atoms with Crippen molar-refractivity contribution in [2.75, 3.05) is 14.1 Å². The van der Waals surface area contributed by atoms with Gasteiger partial charge in [0.1, 0.15) is 0 Å². The molecule has 0 aliphatic heterocycles. The zero-order chi connectivity index (χ0) is 17.0. The summed E-state index contributed by atoms with van der Waals surface area (Å²) in [5.41, 5.74) is 1.16. The number of hydrogen-bond donors (Lipinski definition) is 0. The highest BCUT2D eigenvalue weighted by atomic mass is 15.3. The van der Waals surface area contributed by atoms with Crippen molar-refractivity contribution in [1.29, 1.82) is 0 Å². The lowest BCUT2D eigenvalue weighted by atomic mass is 9.66. The fourth-order valence-corrected chi connectivity index (χ4v) is 5.49. The lowest BCUT2D eigenvalue weighted by Gasteiger charge is -2.44. The molecule has 3 nitrogen and oxygen atoms in total. The second-order valence-electron chi connectivity index (χ2n) is 8.58. The van der Waals surface area contributed by atoms with E-state index in [0.717, 1.165) is 25.2 Å². The van der Waals surface area contributed by atoms with Gasteiger partial charge >= 0.3 is 0 Å². The third-order valence-corrected chi connectivity index (χ3v) is 6.96. The molecule has 0 aromatic heterocycles. The van der Waals surface area contributed by atoms with Crippen LogP contribution in [0.3, 0.4) is 0 Å². The molecule has 0 radical (unpaired) electrons. The second-order valence-corrected chi connectivity index (χ2v) is 8.58. The topological polar surface area (TPSA) is 20.0 Å². The van der Waals surface area contributed by atoms with Crippen molar-refractivity contribution in [3.05, 3.63) is 11.4 Å². The minimum Gasteiger partial charge on any atom is -0.292 e. The van der Waals surface area contributed by atoms with Crippen LogP contribution in [0, 0.1) is 18.4 Å². The molecule has 0 bridgehead atoms. The van der Waals surface area contributed by atoms with Crippen LogP contribution in [0.1, 0.15) is 83.5 Å². The average Bonchev–Trinajstić information content (AvgIpc) is 2.63. The predicted octanol–water partition coefficient (Wildman–Crippen LogP) is 5.32. The summed E-state index contributed by atoms with van der Waals surface area (Å²) in [7, 11) is 4.24. The molecule has 3 fully saturated rings. The predicted molar refractivity (Wildman–Crippen MR) is 101 cm³/mol. The SMILES string of the molecule is [C-]#[N+]C1(N(C)C)CCC(=NC2CCCCC2)CC1C1CCCCC1. The zero-order valence-corrected chi connectivity index (χ0v) is 15.8. The fraction of sp³-hybridized carbons (Fsp3) is 0.905. The van der Waals surface area contributed by atoms with E-state index in [1.807, 2.05) is 0 Å². The molecule has 2 atom stereocenters. The van der Waals surface area contributed by atoms with Crippen LogP contribution in [0.2, 0.25) is 0 Å². The van der Waals surface area contributed by atoms with Gasteiger partial charge in [-0.15, -0.1) is 0 Å². The fourth-order valence-electron chi connectivity index (χ4n) is 5.49. The second kappa shape index (κ2) is 8.00. The number of hydrogen-bond acceptors (Lipinski definition) is 2. The third-order valence-electron chi connectivity index (χ3n) is 6.96. The van der Waals surface area contributed by atoms with Gasteiger partial charge in [-0.3, -0.25) is 9.84 Å². The molecule has 24 heavy (non-hydrogen) atoms. The molecule has 0 N–H and O–H groups in total. The monoisotopic (exact) mass is 329 g/mol. The number of nitrogens with zero attached hydrogens (tertiary/aromatic N) is 3. The van der Waals surface area contributed by atoms with Gasteiger partial charge in [-0.05, 0) is 58.5 Å². The van der Waals surface area contributed by atoms with E-state index in [9.17, 15) is 0 Å². The van der Waals surface area contributed by atoms with Crippen molar-refractivity contribution in [3.8, 4) is 0 Å². The first kappa shape index (κ1) is 17.9. The number of aliphatic imine (C=N–C) groups is 1. The highest BCUT2D eigenvalue weighted by molar-refractivity contribution is 5.86. The highest BCUT2D eigenvalue weighted by Crippen LogP contribution is 2.46. The molecule has 0 spiro atoms. The molecule has 3 rings (SSSR count). The molecule has 3 aliphatic carbocycles. The molecule has 0 aromatic rings. The smallest absolute Gasteiger partial charge is 0.291 e. The summed E-state index contributed by atoms with van der Waals surface area (Å²) >= 11 is 0. The van der Waals surface area contributed by atoms with E-state index < -0.39 is 0 Å². The summed E-state index contributed by atoms with van der Waals surface area (Å²) in [6, 6.07) is 0.584. The van der Waals surface area contributed by atoms with Gasteiger partial charge < -0.3 is 0 Å². The van der Waals surface area contributed by atoms with Gasteiger partial charge in [0.05, 0.1) is 5.92 Å². The molecule has 134 valence electrons. The Bertz CT molecular complexity index is 478. The molecular weight excluding hydrogens is 294 g/mol. The molecule has 2 unspecified atom stereocenters. The Kier molecular flexibility index (Phi) is 5.98. The molecule has 0 amide bonds. The van der Waals surface area contributed by atoms with Crippen molar-refractivity contribution in [2.24, 2.45) is 16.8 Å². The largest absolute Gasteiger partial charge is 0.292 e. The van der Waals surface area contributed by atoms with Crippen LogP contribution < -0.4 is 0 Å². The first-order chi connectivity index (χ1) is 11.7. The van der Waals surface area contributed by atoms with E-state index in [4.69, 9.17) is 11.6 Å². The van der Waals surface area contributed by atoms with Crippen LogP contribution in [-0.4, -0.2) is 36.4 Å².